The van der Waals surface area contributed by atoms with Crippen molar-refractivity contribution in [2.24, 2.45) is 0 Å². The van der Waals surface area contributed by atoms with Gasteiger partial charge in [0, 0.05) is 0 Å². The molecule has 0 spiro atoms. The van der Waals surface area contributed by atoms with Gasteiger partial charge in [-0.25, -0.2) is 0 Å². The molecule has 0 aromatic heterocycles. The largest absolute Gasteiger partial charge is 0.508 e. The van der Waals surface area contributed by atoms with Crippen LogP contribution in [0, 0.1) is 13.8 Å². The van der Waals surface area contributed by atoms with Crippen LogP contribution in [-0.4, -0.2) is 11.9 Å². The van der Waals surface area contributed by atoms with E-state index in [4.69, 9.17) is 9.90 Å². The SMILES string of the molecule is C=O.Cc1cccc(O)c1C. The van der Waals surface area contributed by atoms with Crippen LogP contribution in [0.25, 0.3) is 0 Å². The van der Waals surface area contributed by atoms with Crippen LogP contribution in [-0.2, 0) is 4.79 Å². The number of hydrogen-bond acceptors (Lipinski definition) is 2. The van der Waals surface area contributed by atoms with Gasteiger partial charge >= 0.3 is 0 Å². The molecule has 0 saturated heterocycles. The Morgan fingerprint density at radius 2 is 1.82 bits per heavy atom. The fourth-order valence-corrected chi connectivity index (χ4v) is 0.736. The van der Waals surface area contributed by atoms with E-state index >= 15 is 0 Å². The highest BCUT2D eigenvalue weighted by Gasteiger charge is 1.94. The van der Waals surface area contributed by atoms with E-state index < -0.39 is 0 Å². The van der Waals surface area contributed by atoms with Crippen LogP contribution < -0.4 is 0 Å². The fraction of sp³-hybridized carbons (Fsp3) is 0.222. The Labute approximate surface area is 66.5 Å². The molecule has 0 unspecified atom stereocenters. The number of hydrogen-bond donors (Lipinski definition) is 1. The first-order valence-electron chi connectivity index (χ1n) is 3.26. The van der Waals surface area contributed by atoms with Gasteiger partial charge in [0.25, 0.3) is 0 Å². The summed E-state index contributed by atoms with van der Waals surface area (Å²) >= 11 is 0. The fourth-order valence-electron chi connectivity index (χ4n) is 0.736. The van der Waals surface area contributed by atoms with Gasteiger partial charge in [0.05, 0.1) is 0 Å². The van der Waals surface area contributed by atoms with Gasteiger partial charge in [-0.2, -0.15) is 0 Å². The van der Waals surface area contributed by atoms with Gasteiger partial charge in [-0.15, -0.1) is 0 Å². The molecular weight excluding hydrogens is 140 g/mol. The van der Waals surface area contributed by atoms with Gasteiger partial charge in [0.2, 0.25) is 0 Å². The molecule has 1 aromatic rings. The van der Waals surface area contributed by atoms with E-state index in [0.717, 1.165) is 11.1 Å². The summed E-state index contributed by atoms with van der Waals surface area (Å²) < 4.78 is 0. The number of carbonyl (C=O) groups excluding carboxylic acids is 1. The van der Waals surface area contributed by atoms with E-state index in [2.05, 4.69) is 0 Å². The topological polar surface area (TPSA) is 37.3 Å². The molecule has 0 radical (unpaired) electrons. The van der Waals surface area contributed by atoms with Crippen LogP contribution >= 0.6 is 0 Å². The lowest BCUT2D eigenvalue weighted by Crippen LogP contribution is -1.78. The molecule has 0 aliphatic heterocycles. The molecule has 2 nitrogen and oxygen atoms in total. The second-order valence-electron chi connectivity index (χ2n) is 2.22. The van der Waals surface area contributed by atoms with Gasteiger partial charge in [-0.1, -0.05) is 12.1 Å². The molecule has 0 saturated carbocycles. The Kier molecular flexibility index (Phi) is 3.96. The van der Waals surface area contributed by atoms with Gasteiger partial charge < -0.3 is 9.90 Å². The molecule has 0 heterocycles. The normalized spacial score (nSPS) is 8.18. The van der Waals surface area contributed by atoms with Crippen molar-refractivity contribution in [3.05, 3.63) is 29.3 Å². The smallest absolute Gasteiger partial charge is 0.118 e. The Morgan fingerprint density at radius 1 is 1.27 bits per heavy atom. The first kappa shape index (κ1) is 9.69. The zero-order valence-corrected chi connectivity index (χ0v) is 6.79. The van der Waals surface area contributed by atoms with E-state index in [1.54, 1.807) is 6.07 Å². The molecule has 0 aliphatic carbocycles. The summed E-state index contributed by atoms with van der Waals surface area (Å²) in [4.78, 5) is 8.00. The summed E-state index contributed by atoms with van der Waals surface area (Å²) in [5.41, 5.74) is 2.10. The quantitative estimate of drug-likeness (QED) is 0.615. The van der Waals surface area contributed by atoms with Crippen molar-refractivity contribution >= 4 is 6.79 Å². The summed E-state index contributed by atoms with van der Waals surface area (Å²) in [6.45, 7) is 5.89. The number of benzene rings is 1. The number of phenolic OH excluding ortho intramolecular Hbond substituents is 1. The molecule has 1 N–H and O–H groups in total. The molecule has 0 bridgehead atoms. The monoisotopic (exact) mass is 152 g/mol. The summed E-state index contributed by atoms with van der Waals surface area (Å²) in [7, 11) is 0. The molecule has 0 fully saturated rings. The standard InChI is InChI=1S/C8H10O.CH2O/c1-6-4-3-5-8(9)7(6)2;1-2/h3-5,9H,1-2H3;1H2. The Balaban J connectivity index is 0.000000461. The number of carbonyl (C=O) groups is 1. The van der Waals surface area contributed by atoms with E-state index in [0.29, 0.717) is 5.75 Å². The van der Waals surface area contributed by atoms with Crippen LogP contribution in [0.15, 0.2) is 18.2 Å². The van der Waals surface area contributed by atoms with Crippen molar-refractivity contribution in [1.82, 2.24) is 0 Å². The van der Waals surface area contributed by atoms with Crippen molar-refractivity contribution < 1.29 is 9.90 Å². The lowest BCUT2D eigenvalue weighted by molar-refractivity contribution is -0.0979. The van der Waals surface area contributed by atoms with Crippen molar-refractivity contribution in [3.63, 3.8) is 0 Å². The third-order valence-corrected chi connectivity index (χ3v) is 1.58. The minimum absolute atomic E-state index is 0.384. The predicted molar refractivity (Wildman–Crippen MR) is 44.7 cm³/mol. The van der Waals surface area contributed by atoms with Crippen LogP contribution in [0.3, 0.4) is 0 Å². The molecule has 0 aliphatic rings. The molecule has 0 amide bonds. The van der Waals surface area contributed by atoms with Crippen LogP contribution in [0.4, 0.5) is 0 Å². The van der Waals surface area contributed by atoms with Crippen LogP contribution in [0.2, 0.25) is 0 Å². The third kappa shape index (κ3) is 2.42. The van der Waals surface area contributed by atoms with Gasteiger partial charge in [0.15, 0.2) is 0 Å². The third-order valence-electron chi connectivity index (χ3n) is 1.58. The zero-order valence-electron chi connectivity index (χ0n) is 6.79. The average molecular weight is 152 g/mol. The maximum atomic E-state index is 9.10. The highest BCUT2D eigenvalue weighted by atomic mass is 16.3. The molecule has 11 heavy (non-hydrogen) atoms. The molecular formula is C9H12O2. The molecule has 1 rings (SSSR count). The van der Waals surface area contributed by atoms with E-state index in [1.165, 1.54) is 0 Å². The summed E-state index contributed by atoms with van der Waals surface area (Å²) in [5, 5.41) is 9.10. The molecule has 2 heteroatoms. The van der Waals surface area contributed by atoms with Gasteiger partial charge in [-0.3, -0.25) is 0 Å². The molecule has 0 atom stereocenters. The van der Waals surface area contributed by atoms with E-state index in [9.17, 15) is 0 Å². The van der Waals surface area contributed by atoms with E-state index in [-0.39, 0.29) is 0 Å². The van der Waals surface area contributed by atoms with Crippen LogP contribution in [0.1, 0.15) is 11.1 Å². The maximum absolute atomic E-state index is 9.10. The van der Waals surface area contributed by atoms with Gasteiger partial charge in [0.1, 0.15) is 12.5 Å². The maximum Gasteiger partial charge on any atom is 0.118 e. The van der Waals surface area contributed by atoms with E-state index in [1.807, 2.05) is 32.8 Å². The number of phenols is 1. The summed E-state index contributed by atoms with van der Waals surface area (Å²) in [6, 6.07) is 5.52. The second-order valence-corrected chi connectivity index (χ2v) is 2.22. The lowest BCUT2D eigenvalue weighted by atomic mass is 10.1. The first-order chi connectivity index (χ1) is 5.22. The lowest BCUT2D eigenvalue weighted by Gasteiger charge is -1.99. The first-order valence-corrected chi connectivity index (χ1v) is 3.26. The predicted octanol–water partition coefficient (Wildman–Crippen LogP) is 1.82. The summed E-state index contributed by atoms with van der Waals surface area (Å²) in [6.07, 6.45) is 0. The Morgan fingerprint density at radius 3 is 2.18 bits per heavy atom. The van der Waals surface area contributed by atoms with Gasteiger partial charge in [-0.05, 0) is 31.0 Å². The minimum atomic E-state index is 0.384. The summed E-state index contributed by atoms with van der Waals surface area (Å²) in [5.74, 6) is 0.384. The number of aryl methyl sites for hydroxylation is 1. The number of aromatic hydroxyl groups is 1. The highest BCUT2D eigenvalue weighted by Crippen LogP contribution is 2.17. The average Bonchev–Trinajstić information content (AvgIpc) is 2.04. The molecule has 60 valence electrons. The molecule has 1 aromatic carbocycles. The number of rotatable bonds is 0. The Bertz CT molecular complexity index is 211. The zero-order chi connectivity index (χ0) is 8.85. The Hall–Kier alpha value is -1.31. The van der Waals surface area contributed by atoms with Crippen molar-refractivity contribution in [1.29, 1.82) is 0 Å². The van der Waals surface area contributed by atoms with Crippen LogP contribution in [0.5, 0.6) is 5.75 Å². The van der Waals surface area contributed by atoms with Crippen molar-refractivity contribution in [2.75, 3.05) is 0 Å². The van der Waals surface area contributed by atoms with Crippen molar-refractivity contribution in [3.8, 4) is 5.75 Å². The van der Waals surface area contributed by atoms with Crippen molar-refractivity contribution in [2.45, 2.75) is 13.8 Å². The minimum Gasteiger partial charge on any atom is -0.508 e. The second kappa shape index (κ2) is 4.50. The highest BCUT2D eigenvalue weighted by molar-refractivity contribution is 5.36.